The first-order valence-corrected chi connectivity index (χ1v) is 9.41. The smallest absolute Gasteiger partial charge is 0.362 e. The molecule has 2 aromatic heterocycles. The summed E-state index contributed by atoms with van der Waals surface area (Å²) in [6, 6.07) is 8.82. The van der Waals surface area contributed by atoms with Gasteiger partial charge in [0.25, 0.3) is 5.91 Å². The Kier molecular flexibility index (Phi) is 7.25. The van der Waals surface area contributed by atoms with Crippen molar-refractivity contribution in [1.82, 2.24) is 30.7 Å². The number of hydrazone groups is 1. The number of esters is 1. The van der Waals surface area contributed by atoms with E-state index < -0.39 is 17.6 Å². The molecule has 0 bridgehead atoms. The normalized spacial score (nSPS) is 11.8. The molecule has 172 valence electrons. The third kappa shape index (κ3) is 5.27. The summed E-state index contributed by atoms with van der Waals surface area (Å²) >= 11 is 0. The molecule has 1 aromatic carbocycles. The van der Waals surface area contributed by atoms with Crippen molar-refractivity contribution in [2.75, 3.05) is 12.3 Å². The van der Waals surface area contributed by atoms with Gasteiger partial charge in [-0.05, 0) is 36.3 Å². The molecule has 2 heterocycles. The molecule has 3 aromatic rings. The number of aromatic nitrogens is 5. The van der Waals surface area contributed by atoms with Crippen LogP contribution in [0.15, 0.2) is 45.2 Å². The number of benzene rings is 1. The molecule has 0 aliphatic heterocycles. The highest BCUT2D eigenvalue weighted by atomic mass is 16.6. The third-order valence-corrected chi connectivity index (χ3v) is 4.03. The van der Waals surface area contributed by atoms with E-state index >= 15 is 0 Å². The zero-order valence-corrected chi connectivity index (χ0v) is 17.5. The minimum atomic E-state index is -0.910. The molecular weight excluding hydrogens is 438 g/mol. The first-order chi connectivity index (χ1) is 16.0. The van der Waals surface area contributed by atoms with E-state index in [1.165, 1.54) is 6.92 Å². The molecule has 0 saturated carbocycles. The number of hydrogen-bond acceptors (Lipinski definition) is 13. The topological polar surface area (TPSA) is 205 Å². The Bertz CT molecular complexity index is 1190. The highest BCUT2D eigenvalue weighted by Gasteiger charge is 2.25. The lowest BCUT2D eigenvalue weighted by Crippen LogP contribution is -2.28. The predicted molar refractivity (Wildman–Crippen MR) is 111 cm³/mol. The van der Waals surface area contributed by atoms with Crippen LogP contribution in [0, 0.1) is 0 Å². The number of nitrogens with one attached hydrogen (secondary N) is 1. The Labute approximate surface area is 185 Å². The fourth-order valence-corrected chi connectivity index (χ4v) is 2.48. The molecule has 0 spiro atoms. The van der Waals surface area contributed by atoms with E-state index in [1.54, 1.807) is 31.2 Å². The highest BCUT2D eigenvalue weighted by molar-refractivity contribution is 6.65. The summed E-state index contributed by atoms with van der Waals surface area (Å²) in [7, 11) is 0. The summed E-state index contributed by atoms with van der Waals surface area (Å²) < 4.78 is 16.2. The van der Waals surface area contributed by atoms with Gasteiger partial charge in [-0.1, -0.05) is 28.6 Å². The van der Waals surface area contributed by atoms with E-state index in [1.807, 2.05) is 6.07 Å². The first kappa shape index (κ1) is 22.9. The van der Waals surface area contributed by atoms with Gasteiger partial charge in [0.05, 0.1) is 12.3 Å². The van der Waals surface area contributed by atoms with E-state index in [0.29, 0.717) is 5.75 Å². The van der Waals surface area contributed by atoms with Gasteiger partial charge in [-0.15, -0.1) is 5.10 Å². The van der Waals surface area contributed by atoms with Crippen LogP contribution in [0.25, 0.3) is 5.82 Å². The van der Waals surface area contributed by atoms with Crippen LogP contribution >= 0.6 is 0 Å². The molecular formula is C18H19N9O6. The SMILES string of the molecule is CCOC(=O)C(=NO)C(C)=NNC(=O)c1nnn(-c2nonc2N)c1COc1ccccc1. The summed E-state index contributed by atoms with van der Waals surface area (Å²) in [5.74, 6) is -1.27. The Morgan fingerprint density at radius 2 is 2.03 bits per heavy atom. The Morgan fingerprint density at radius 3 is 2.67 bits per heavy atom. The molecule has 0 saturated heterocycles. The van der Waals surface area contributed by atoms with Gasteiger partial charge in [0.1, 0.15) is 18.1 Å². The molecule has 4 N–H and O–H groups in total. The van der Waals surface area contributed by atoms with Crippen molar-refractivity contribution in [3.05, 3.63) is 41.7 Å². The van der Waals surface area contributed by atoms with Crippen molar-refractivity contribution < 1.29 is 28.9 Å². The van der Waals surface area contributed by atoms with Crippen molar-refractivity contribution in [2.45, 2.75) is 20.5 Å². The zero-order valence-electron chi connectivity index (χ0n) is 17.5. The molecule has 0 radical (unpaired) electrons. The average molecular weight is 457 g/mol. The van der Waals surface area contributed by atoms with Crippen LogP contribution in [0.3, 0.4) is 0 Å². The molecule has 0 aliphatic carbocycles. The number of nitrogen functional groups attached to an aromatic ring is 1. The van der Waals surface area contributed by atoms with Crippen molar-refractivity contribution in [3.63, 3.8) is 0 Å². The maximum atomic E-state index is 12.8. The minimum absolute atomic E-state index is 0.00454. The van der Waals surface area contributed by atoms with Gasteiger partial charge >= 0.3 is 5.97 Å². The number of oxime groups is 1. The Hall–Kier alpha value is -4.82. The lowest BCUT2D eigenvalue weighted by molar-refractivity contribution is -0.134. The van der Waals surface area contributed by atoms with Crippen LogP contribution in [-0.2, 0) is 16.1 Å². The van der Waals surface area contributed by atoms with Crippen molar-refractivity contribution in [2.24, 2.45) is 10.3 Å². The summed E-state index contributed by atoms with van der Waals surface area (Å²) in [5, 5.41) is 30.5. The van der Waals surface area contributed by atoms with Gasteiger partial charge in [-0.2, -0.15) is 9.78 Å². The van der Waals surface area contributed by atoms with E-state index in [0.717, 1.165) is 4.68 Å². The number of carbonyl (C=O) groups excluding carboxylic acids is 2. The van der Waals surface area contributed by atoms with Gasteiger partial charge in [0.2, 0.25) is 17.3 Å². The number of amides is 1. The van der Waals surface area contributed by atoms with E-state index in [4.69, 9.17) is 20.4 Å². The van der Waals surface area contributed by atoms with Gasteiger partial charge in [-0.25, -0.2) is 14.8 Å². The summed E-state index contributed by atoms with van der Waals surface area (Å²) in [5.41, 5.74) is 7.34. The van der Waals surface area contributed by atoms with Gasteiger partial charge in [0, 0.05) is 0 Å². The maximum Gasteiger partial charge on any atom is 0.362 e. The largest absolute Gasteiger partial charge is 0.487 e. The maximum absolute atomic E-state index is 12.8. The summed E-state index contributed by atoms with van der Waals surface area (Å²) in [6.07, 6.45) is 0. The second kappa shape index (κ2) is 10.5. The van der Waals surface area contributed by atoms with Crippen LogP contribution in [0.1, 0.15) is 30.0 Å². The fraction of sp³-hybridized carbons (Fsp3) is 0.222. The van der Waals surface area contributed by atoms with Gasteiger partial charge in [-0.3, -0.25) is 4.79 Å². The number of nitrogens with two attached hydrogens (primary N) is 1. The number of anilines is 1. The molecule has 0 fully saturated rings. The van der Waals surface area contributed by atoms with Crippen molar-refractivity contribution in [3.8, 4) is 11.6 Å². The number of carbonyl (C=O) groups is 2. The Morgan fingerprint density at radius 1 is 1.27 bits per heavy atom. The number of para-hydroxylation sites is 1. The van der Waals surface area contributed by atoms with E-state index in [-0.39, 0.29) is 41.9 Å². The predicted octanol–water partition coefficient (Wildman–Crippen LogP) is 0.311. The van der Waals surface area contributed by atoms with Gasteiger partial charge in [0.15, 0.2) is 5.69 Å². The fourth-order valence-electron chi connectivity index (χ4n) is 2.48. The second-order valence-corrected chi connectivity index (χ2v) is 6.18. The molecule has 1 amide bonds. The van der Waals surface area contributed by atoms with Crippen LogP contribution in [0.2, 0.25) is 0 Å². The zero-order chi connectivity index (χ0) is 23.8. The third-order valence-electron chi connectivity index (χ3n) is 4.03. The van der Waals surface area contributed by atoms with E-state index in [2.05, 4.69) is 40.9 Å². The van der Waals surface area contributed by atoms with Crippen LogP contribution in [0.5, 0.6) is 5.75 Å². The first-order valence-electron chi connectivity index (χ1n) is 9.41. The second-order valence-electron chi connectivity index (χ2n) is 6.18. The molecule has 15 heteroatoms. The van der Waals surface area contributed by atoms with E-state index in [9.17, 15) is 9.59 Å². The molecule has 0 aliphatic rings. The number of nitrogens with zero attached hydrogens (tertiary/aromatic N) is 7. The van der Waals surface area contributed by atoms with Crippen LogP contribution in [-0.4, -0.2) is 60.4 Å². The quantitative estimate of drug-likeness (QED) is 0.172. The molecule has 15 nitrogen and oxygen atoms in total. The molecule has 0 atom stereocenters. The lowest BCUT2D eigenvalue weighted by atomic mass is 10.2. The van der Waals surface area contributed by atoms with Gasteiger partial charge < -0.3 is 20.4 Å². The van der Waals surface area contributed by atoms with Crippen molar-refractivity contribution >= 4 is 29.1 Å². The monoisotopic (exact) mass is 457 g/mol. The minimum Gasteiger partial charge on any atom is -0.487 e. The van der Waals surface area contributed by atoms with Crippen LogP contribution < -0.4 is 15.9 Å². The average Bonchev–Trinajstić information content (AvgIpc) is 3.43. The number of rotatable bonds is 9. The van der Waals surface area contributed by atoms with Crippen LogP contribution in [0.4, 0.5) is 5.82 Å². The Balaban J connectivity index is 1.87. The highest BCUT2D eigenvalue weighted by Crippen LogP contribution is 2.18. The summed E-state index contributed by atoms with van der Waals surface area (Å²) in [4.78, 5) is 24.5. The lowest BCUT2D eigenvalue weighted by Gasteiger charge is -2.08. The van der Waals surface area contributed by atoms with Crippen molar-refractivity contribution in [1.29, 1.82) is 0 Å². The molecule has 33 heavy (non-hydrogen) atoms. The number of ether oxygens (including phenoxy) is 2. The standard InChI is InChI=1S/C18H19N9O6/c1-3-31-18(29)13(23-30)10(2)20-22-17(28)14-12(9-32-11-7-5-4-6-8-11)27(26-21-14)16-15(19)24-33-25-16/h4-8,30H,3,9H2,1-2H3,(H2,19,24)(H,22,28). The molecule has 3 rings (SSSR count). The summed E-state index contributed by atoms with van der Waals surface area (Å²) in [6.45, 7) is 2.83. The number of hydrogen-bond donors (Lipinski definition) is 3. The molecule has 0 unspecified atom stereocenters.